The van der Waals surface area contributed by atoms with Crippen molar-refractivity contribution in [3.8, 4) is 5.75 Å². The Morgan fingerprint density at radius 1 is 1.35 bits per heavy atom. The molecule has 1 heterocycles. The van der Waals surface area contributed by atoms with Crippen LogP contribution in [-0.2, 0) is 11.3 Å². The van der Waals surface area contributed by atoms with Gasteiger partial charge in [0.1, 0.15) is 5.75 Å². The SMILES string of the molecule is CCCn1c(=NC(=O)C2CCCCC2)sc2ccc(OC)cc21. The first-order chi connectivity index (χ1) is 11.2. The van der Waals surface area contributed by atoms with E-state index in [1.54, 1.807) is 18.4 Å². The lowest BCUT2D eigenvalue weighted by Crippen LogP contribution is -2.22. The van der Waals surface area contributed by atoms with Crippen LogP contribution in [-0.4, -0.2) is 17.6 Å². The van der Waals surface area contributed by atoms with Crippen LogP contribution < -0.4 is 9.54 Å². The predicted molar refractivity (Wildman–Crippen MR) is 93.8 cm³/mol. The molecule has 23 heavy (non-hydrogen) atoms. The molecule has 0 saturated heterocycles. The Morgan fingerprint density at radius 2 is 2.13 bits per heavy atom. The van der Waals surface area contributed by atoms with Gasteiger partial charge in [-0.25, -0.2) is 0 Å². The summed E-state index contributed by atoms with van der Waals surface area (Å²) in [4.78, 5) is 17.8. The number of benzene rings is 1. The van der Waals surface area contributed by atoms with Gasteiger partial charge in [0.2, 0.25) is 0 Å². The maximum Gasteiger partial charge on any atom is 0.251 e. The van der Waals surface area contributed by atoms with Gasteiger partial charge < -0.3 is 9.30 Å². The lowest BCUT2D eigenvalue weighted by molar-refractivity contribution is -0.122. The number of nitrogens with zero attached hydrogens (tertiary/aromatic N) is 2. The van der Waals surface area contributed by atoms with E-state index in [0.29, 0.717) is 0 Å². The molecule has 0 unspecified atom stereocenters. The standard InChI is InChI=1S/C18H24N2O2S/c1-3-11-20-15-12-14(22-2)9-10-16(15)23-18(20)19-17(21)13-7-5-4-6-8-13/h9-10,12-13H,3-8,11H2,1-2H3. The Balaban J connectivity index is 2.02. The van der Waals surface area contributed by atoms with Crippen molar-refractivity contribution in [2.75, 3.05) is 7.11 Å². The average Bonchev–Trinajstić information content (AvgIpc) is 2.92. The maximum absolute atomic E-state index is 12.5. The van der Waals surface area contributed by atoms with Crippen LogP contribution in [0.25, 0.3) is 10.2 Å². The molecule has 1 aromatic heterocycles. The quantitative estimate of drug-likeness (QED) is 0.845. The van der Waals surface area contributed by atoms with Crippen molar-refractivity contribution >= 4 is 27.5 Å². The van der Waals surface area contributed by atoms with Crippen LogP contribution in [0.1, 0.15) is 45.4 Å². The fraction of sp³-hybridized carbons (Fsp3) is 0.556. The van der Waals surface area contributed by atoms with Crippen LogP contribution in [0.4, 0.5) is 0 Å². The van der Waals surface area contributed by atoms with Gasteiger partial charge in [0.25, 0.3) is 5.91 Å². The second-order valence-electron chi connectivity index (χ2n) is 6.15. The van der Waals surface area contributed by atoms with Gasteiger partial charge in [0, 0.05) is 18.5 Å². The van der Waals surface area contributed by atoms with Crippen LogP contribution in [0, 0.1) is 5.92 Å². The van der Waals surface area contributed by atoms with Gasteiger partial charge in [-0.3, -0.25) is 4.79 Å². The molecule has 1 aliphatic rings. The number of rotatable bonds is 4. The van der Waals surface area contributed by atoms with Gasteiger partial charge in [-0.05, 0) is 31.4 Å². The molecule has 3 rings (SSSR count). The van der Waals surface area contributed by atoms with Gasteiger partial charge in [-0.1, -0.05) is 37.5 Å². The Bertz CT molecular complexity index is 754. The molecule has 1 fully saturated rings. The molecule has 4 nitrogen and oxygen atoms in total. The zero-order valence-corrected chi connectivity index (χ0v) is 14.7. The zero-order chi connectivity index (χ0) is 16.2. The molecule has 5 heteroatoms. The Labute approximate surface area is 140 Å². The van der Waals surface area contributed by atoms with Crippen LogP contribution in [0.2, 0.25) is 0 Å². The highest BCUT2D eigenvalue weighted by atomic mass is 32.1. The number of thiazole rings is 1. The third-order valence-electron chi connectivity index (χ3n) is 4.50. The van der Waals surface area contributed by atoms with Crippen molar-refractivity contribution in [3.05, 3.63) is 23.0 Å². The second-order valence-corrected chi connectivity index (χ2v) is 7.16. The molecule has 1 aliphatic carbocycles. The summed E-state index contributed by atoms with van der Waals surface area (Å²) in [5.74, 6) is 1.02. The second kappa shape index (κ2) is 7.30. The van der Waals surface area contributed by atoms with E-state index in [9.17, 15) is 4.79 Å². The van der Waals surface area contributed by atoms with E-state index in [0.717, 1.165) is 59.4 Å². The van der Waals surface area contributed by atoms with E-state index in [4.69, 9.17) is 4.74 Å². The average molecular weight is 332 g/mol. The number of carbonyl (C=O) groups excluding carboxylic acids is 1. The summed E-state index contributed by atoms with van der Waals surface area (Å²) >= 11 is 1.60. The normalized spacial score (nSPS) is 16.9. The number of amides is 1. The third kappa shape index (κ3) is 3.50. The first-order valence-corrected chi connectivity index (χ1v) is 9.30. The molecular formula is C18H24N2O2S. The molecule has 1 aromatic carbocycles. The first kappa shape index (κ1) is 16.2. The Hall–Kier alpha value is -1.62. The molecule has 0 bridgehead atoms. The van der Waals surface area contributed by atoms with E-state index in [-0.39, 0.29) is 11.8 Å². The third-order valence-corrected chi connectivity index (χ3v) is 5.56. The Kier molecular flexibility index (Phi) is 5.16. The molecule has 0 aliphatic heterocycles. The fourth-order valence-electron chi connectivity index (χ4n) is 3.24. The molecule has 0 radical (unpaired) electrons. The largest absolute Gasteiger partial charge is 0.497 e. The summed E-state index contributed by atoms with van der Waals surface area (Å²) in [5.41, 5.74) is 1.10. The van der Waals surface area contributed by atoms with E-state index in [1.165, 1.54) is 6.42 Å². The Morgan fingerprint density at radius 3 is 2.83 bits per heavy atom. The highest BCUT2D eigenvalue weighted by molar-refractivity contribution is 7.16. The minimum Gasteiger partial charge on any atom is -0.497 e. The number of ether oxygens (including phenoxy) is 1. The first-order valence-electron chi connectivity index (χ1n) is 8.49. The summed E-state index contributed by atoms with van der Waals surface area (Å²) in [5, 5.41) is 0. The summed E-state index contributed by atoms with van der Waals surface area (Å²) in [6.07, 6.45) is 6.56. The molecule has 1 amide bonds. The number of carbonyl (C=O) groups is 1. The number of methoxy groups -OCH3 is 1. The van der Waals surface area contributed by atoms with Crippen molar-refractivity contribution in [1.29, 1.82) is 0 Å². The van der Waals surface area contributed by atoms with Crippen molar-refractivity contribution in [2.45, 2.75) is 52.0 Å². The summed E-state index contributed by atoms with van der Waals surface area (Å²) in [7, 11) is 1.68. The number of aryl methyl sites for hydroxylation is 1. The van der Waals surface area contributed by atoms with Crippen molar-refractivity contribution in [3.63, 3.8) is 0 Å². The van der Waals surface area contributed by atoms with Crippen molar-refractivity contribution < 1.29 is 9.53 Å². The van der Waals surface area contributed by atoms with Gasteiger partial charge in [0.05, 0.1) is 17.3 Å². The van der Waals surface area contributed by atoms with Gasteiger partial charge in [0.15, 0.2) is 4.80 Å². The minimum absolute atomic E-state index is 0.0630. The molecule has 1 saturated carbocycles. The topological polar surface area (TPSA) is 43.6 Å². The number of fused-ring (bicyclic) bond motifs is 1. The number of aromatic nitrogens is 1. The lowest BCUT2D eigenvalue weighted by atomic mass is 9.89. The summed E-state index contributed by atoms with van der Waals surface area (Å²) in [6.45, 7) is 3.01. The van der Waals surface area contributed by atoms with Crippen LogP contribution in [0.3, 0.4) is 0 Å². The van der Waals surface area contributed by atoms with Crippen LogP contribution in [0.5, 0.6) is 5.75 Å². The fourth-order valence-corrected chi connectivity index (χ4v) is 4.28. The van der Waals surface area contributed by atoms with E-state index >= 15 is 0 Å². The highest BCUT2D eigenvalue weighted by Gasteiger charge is 2.21. The van der Waals surface area contributed by atoms with Gasteiger partial charge in [-0.15, -0.1) is 0 Å². The number of hydrogen-bond acceptors (Lipinski definition) is 3. The minimum atomic E-state index is 0.0630. The smallest absolute Gasteiger partial charge is 0.251 e. The highest BCUT2D eigenvalue weighted by Crippen LogP contribution is 2.26. The van der Waals surface area contributed by atoms with Crippen LogP contribution >= 0.6 is 11.3 Å². The van der Waals surface area contributed by atoms with E-state index in [1.807, 2.05) is 12.1 Å². The molecule has 0 atom stereocenters. The van der Waals surface area contributed by atoms with E-state index in [2.05, 4.69) is 22.5 Å². The predicted octanol–water partition coefficient (Wildman–Crippen LogP) is 4.13. The van der Waals surface area contributed by atoms with Gasteiger partial charge in [-0.2, -0.15) is 4.99 Å². The van der Waals surface area contributed by atoms with Gasteiger partial charge >= 0.3 is 0 Å². The molecule has 2 aromatic rings. The summed E-state index contributed by atoms with van der Waals surface area (Å²) < 4.78 is 8.64. The monoisotopic (exact) mass is 332 g/mol. The molecule has 0 N–H and O–H groups in total. The van der Waals surface area contributed by atoms with Crippen molar-refractivity contribution in [2.24, 2.45) is 10.9 Å². The maximum atomic E-state index is 12.5. The van der Waals surface area contributed by atoms with Crippen molar-refractivity contribution in [1.82, 2.24) is 4.57 Å². The molecule has 124 valence electrons. The molecular weight excluding hydrogens is 308 g/mol. The van der Waals surface area contributed by atoms with Crippen LogP contribution in [0.15, 0.2) is 23.2 Å². The zero-order valence-electron chi connectivity index (χ0n) is 13.9. The number of hydrogen-bond donors (Lipinski definition) is 0. The van der Waals surface area contributed by atoms with E-state index < -0.39 is 0 Å². The lowest BCUT2D eigenvalue weighted by Gasteiger charge is -2.17. The summed E-state index contributed by atoms with van der Waals surface area (Å²) in [6, 6.07) is 6.04. The molecule has 0 spiro atoms.